The quantitative estimate of drug-likeness (QED) is 0.851. The van der Waals surface area contributed by atoms with Gasteiger partial charge in [0, 0.05) is 0 Å². The maximum absolute atomic E-state index is 11.9. The highest BCUT2D eigenvalue weighted by Crippen LogP contribution is 2.07. The lowest BCUT2D eigenvalue weighted by Gasteiger charge is -2.19. The van der Waals surface area contributed by atoms with Crippen LogP contribution in [0, 0.1) is 0 Å². The first-order valence-corrected chi connectivity index (χ1v) is 6.40. The number of ether oxygens (including phenoxy) is 1. The van der Waals surface area contributed by atoms with Gasteiger partial charge in [0.2, 0.25) is 0 Å². The van der Waals surface area contributed by atoms with Crippen molar-refractivity contribution in [3.05, 3.63) is 71.8 Å². The lowest BCUT2D eigenvalue weighted by atomic mass is 10.2. The van der Waals surface area contributed by atoms with E-state index in [1.165, 1.54) is 4.90 Å². The molecule has 0 aliphatic carbocycles. The summed E-state index contributed by atoms with van der Waals surface area (Å²) in [5, 5.41) is 9.28. The summed E-state index contributed by atoms with van der Waals surface area (Å²) in [6.07, 6.45) is -0.528. The molecule has 0 unspecified atom stereocenters. The zero-order chi connectivity index (χ0) is 14.2. The Labute approximate surface area is 118 Å². The summed E-state index contributed by atoms with van der Waals surface area (Å²) in [4.78, 5) is 13.1. The molecule has 2 aromatic rings. The number of carbonyl (C=O) groups is 1. The Kier molecular flexibility index (Phi) is 5.15. The standard InChI is InChI=1S/C16H17NO3/c18-13-17(11-14-7-3-1-4-8-14)16(19)20-12-15-9-5-2-6-10-15/h1-10,18H,11-13H2. The van der Waals surface area contributed by atoms with Crippen LogP contribution in [0.2, 0.25) is 0 Å². The molecule has 0 radical (unpaired) electrons. The number of benzene rings is 2. The van der Waals surface area contributed by atoms with Gasteiger partial charge in [0.15, 0.2) is 0 Å². The van der Waals surface area contributed by atoms with E-state index in [9.17, 15) is 9.90 Å². The van der Waals surface area contributed by atoms with Crippen molar-refractivity contribution in [3.63, 3.8) is 0 Å². The fraction of sp³-hybridized carbons (Fsp3) is 0.188. The largest absolute Gasteiger partial charge is 0.444 e. The second-order valence-electron chi connectivity index (χ2n) is 4.37. The molecule has 0 atom stereocenters. The van der Waals surface area contributed by atoms with Gasteiger partial charge in [-0.25, -0.2) is 4.79 Å². The van der Waals surface area contributed by atoms with Crippen molar-refractivity contribution in [3.8, 4) is 0 Å². The van der Waals surface area contributed by atoms with Crippen LogP contribution in [-0.2, 0) is 17.9 Å². The summed E-state index contributed by atoms with van der Waals surface area (Å²) in [6.45, 7) is 0.151. The topological polar surface area (TPSA) is 49.8 Å². The van der Waals surface area contributed by atoms with Gasteiger partial charge < -0.3 is 9.84 Å². The van der Waals surface area contributed by atoms with Crippen LogP contribution in [0.1, 0.15) is 11.1 Å². The SMILES string of the molecule is O=C(OCc1ccccc1)N(CO)Cc1ccccc1. The molecule has 104 valence electrons. The van der Waals surface area contributed by atoms with E-state index in [1.54, 1.807) is 0 Å². The number of nitrogens with zero attached hydrogens (tertiary/aromatic N) is 1. The van der Waals surface area contributed by atoms with Crippen LogP contribution in [-0.4, -0.2) is 22.8 Å². The van der Waals surface area contributed by atoms with Gasteiger partial charge in [-0.15, -0.1) is 0 Å². The molecule has 0 aromatic heterocycles. The van der Waals surface area contributed by atoms with Crippen molar-refractivity contribution < 1.29 is 14.6 Å². The number of aliphatic hydroxyl groups excluding tert-OH is 1. The molecule has 1 N–H and O–H groups in total. The lowest BCUT2D eigenvalue weighted by Crippen LogP contribution is -2.31. The van der Waals surface area contributed by atoms with Gasteiger partial charge in [-0.3, -0.25) is 4.90 Å². The highest BCUT2D eigenvalue weighted by atomic mass is 16.6. The number of rotatable bonds is 5. The Morgan fingerprint density at radius 3 is 2.05 bits per heavy atom. The van der Waals surface area contributed by atoms with Gasteiger partial charge in [0.1, 0.15) is 13.3 Å². The molecule has 1 amide bonds. The Bertz CT molecular complexity index is 528. The fourth-order valence-electron chi connectivity index (χ4n) is 1.79. The Morgan fingerprint density at radius 2 is 1.50 bits per heavy atom. The smallest absolute Gasteiger partial charge is 0.412 e. The molecule has 0 heterocycles. The minimum Gasteiger partial charge on any atom is -0.444 e. The van der Waals surface area contributed by atoms with Crippen molar-refractivity contribution in [1.29, 1.82) is 0 Å². The van der Waals surface area contributed by atoms with E-state index in [0.717, 1.165) is 11.1 Å². The van der Waals surface area contributed by atoms with Crippen molar-refractivity contribution in [1.82, 2.24) is 4.90 Å². The molecule has 0 spiro atoms. The predicted octanol–water partition coefficient (Wildman–Crippen LogP) is 2.78. The highest BCUT2D eigenvalue weighted by Gasteiger charge is 2.14. The second-order valence-corrected chi connectivity index (χ2v) is 4.37. The number of hydrogen-bond acceptors (Lipinski definition) is 3. The molecule has 4 nitrogen and oxygen atoms in total. The first kappa shape index (κ1) is 14.1. The average molecular weight is 271 g/mol. The first-order valence-electron chi connectivity index (χ1n) is 6.40. The van der Waals surface area contributed by atoms with Crippen LogP contribution >= 0.6 is 0 Å². The summed E-state index contributed by atoms with van der Waals surface area (Å²) in [5.74, 6) is 0. The molecular formula is C16H17NO3. The number of hydrogen-bond donors (Lipinski definition) is 1. The zero-order valence-electron chi connectivity index (χ0n) is 11.1. The van der Waals surface area contributed by atoms with Crippen molar-refractivity contribution in [2.45, 2.75) is 13.2 Å². The van der Waals surface area contributed by atoms with Crippen molar-refractivity contribution in [2.75, 3.05) is 6.73 Å². The molecule has 0 saturated carbocycles. The van der Waals surface area contributed by atoms with Gasteiger partial charge in [0.25, 0.3) is 0 Å². The van der Waals surface area contributed by atoms with Gasteiger partial charge in [-0.05, 0) is 11.1 Å². The van der Waals surface area contributed by atoms with E-state index in [0.29, 0.717) is 6.54 Å². The Balaban J connectivity index is 1.89. The predicted molar refractivity (Wildman–Crippen MR) is 75.7 cm³/mol. The molecule has 0 fully saturated rings. The average Bonchev–Trinajstić information content (AvgIpc) is 2.52. The summed E-state index contributed by atoms with van der Waals surface area (Å²) >= 11 is 0. The van der Waals surface area contributed by atoms with E-state index in [2.05, 4.69) is 0 Å². The Hall–Kier alpha value is -2.33. The van der Waals surface area contributed by atoms with Crippen LogP contribution in [0.25, 0.3) is 0 Å². The zero-order valence-corrected chi connectivity index (χ0v) is 11.1. The summed E-state index contributed by atoms with van der Waals surface area (Å²) < 4.78 is 5.18. The monoisotopic (exact) mass is 271 g/mol. The summed E-state index contributed by atoms with van der Waals surface area (Å²) in [7, 11) is 0. The minimum absolute atomic E-state index is 0.199. The lowest BCUT2D eigenvalue weighted by molar-refractivity contribution is 0.0541. The van der Waals surface area contributed by atoms with E-state index in [-0.39, 0.29) is 13.3 Å². The van der Waals surface area contributed by atoms with Crippen LogP contribution in [0.5, 0.6) is 0 Å². The maximum Gasteiger partial charge on any atom is 0.412 e. The van der Waals surface area contributed by atoms with Gasteiger partial charge >= 0.3 is 6.09 Å². The first-order chi connectivity index (χ1) is 9.79. The minimum atomic E-state index is -0.528. The number of aliphatic hydroxyl groups is 1. The third-order valence-corrected chi connectivity index (χ3v) is 2.85. The van der Waals surface area contributed by atoms with Crippen LogP contribution < -0.4 is 0 Å². The third-order valence-electron chi connectivity index (χ3n) is 2.85. The molecule has 2 aromatic carbocycles. The van der Waals surface area contributed by atoms with E-state index in [4.69, 9.17) is 4.74 Å². The maximum atomic E-state index is 11.9. The van der Waals surface area contributed by atoms with Gasteiger partial charge in [-0.2, -0.15) is 0 Å². The van der Waals surface area contributed by atoms with E-state index >= 15 is 0 Å². The van der Waals surface area contributed by atoms with Crippen LogP contribution in [0.4, 0.5) is 4.79 Å². The highest BCUT2D eigenvalue weighted by molar-refractivity contribution is 5.67. The molecule has 0 aliphatic heterocycles. The summed E-state index contributed by atoms with van der Waals surface area (Å²) in [6, 6.07) is 18.9. The van der Waals surface area contributed by atoms with E-state index in [1.807, 2.05) is 60.7 Å². The number of carbonyl (C=O) groups excluding carboxylic acids is 1. The van der Waals surface area contributed by atoms with Crippen LogP contribution in [0.15, 0.2) is 60.7 Å². The summed E-state index contributed by atoms with van der Waals surface area (Å²) in [5.41, 5.74) is 1.86. The molecular weight excluding hydrogens is 254 g/mol. The van der Waals surface area contributed by atoms with Gasteiger partial charge in [0.05, 0.1) is 6.54 Å². The fourth-order valence-corrected chi connectivity index (χ4v) is 1.79. The van der Waals surface area contributed by atoms with Crippen molar-refractivity contribution >= 4 is 6.09 Å². The molecule has 20 heavy (non-hydrogen) atoms. The molecule has 0 bridgehead atoms. The Morgan fingerprint density at radius 1 is 0.950 bits per heavy atom. The van der Waals surface area contributed by atoms with E-state index < -0.39 is 6.09 Å². The second kappa shape index (κ2) is 7.31. The normalized spacial score (nSPS) is 10.1. The molecule has 0 saturated heterocycles. The van der Waals surface area contributed by atoms with Crippen LogP contribution in [0.3, 0.4) is 0 Å². The number of amides is 1. The molecule has 2 rings (SSSR count). The van der Waals surface area contributed by atoms with Gasteiger partial charge in [-0.1, -0.05) is 60.7 Å². The molecule has 0 aliphatic rings. The molecule has 4 heteroatoms. The third kappa shape index (κ3) is 4.10. The van der Waals surface area contributed by atoms with Crippen molar-refractivity contribution in [2.24, 2.45) is 0 Å².